The van der Waals surface area contributed by atoms with Gasteiger partial charge in [-0.25, -0.2) is 0 Å². The van der Waals surface area contributed by atoms with Gasteiger partial charge in [0.1, 0.15) is 5.75 Å². The fraction of sp³-hybridized carbons (Fsp3) is 0.462. The van der Waals surface area contributed by atoms with Crippen LogP contribution in [0.5, 0.6) is 5.75 Å². The normalized spacial score (nSPS) is 12.2. The predicted octanol–water partition coefficient (Wildman–Crippen LogP) is 3.08. The molecule has 1 atom stereocenters. The van der Waals surface area contributed by atoms with Crippen LogP contribution < -0.4 is 5.32 Å². The van der Waals surface area contributed by atoms with Crippen molar-refractivity contribution in [1.29, 1.82) is 0 Å². The van der Waals surface area contributed by atoms with Crippen LogP contribution in [0.3, 0.4) is 0 Å². The fourth-order valence-electron chi connectivity index (χ4n) is 1.58. The van der Waals surface area contributed by atoms with Crippen molar-refractivity contribution in [1.82, 2.24) is 0 Å². The Morgan fingerprint density at radius 2 is 2.19 bits per heavy atom. The van der Waals surface area contributed by atoms with Crippen molar-refractivity contribution in [2.75, 3.05) is 5.32 Å². The van der Waals surface area contributed by atoms with Gasteiger partial charge in [-0.1, -0.05) is 26.3 Å². The van der Waals surface area contributed by atoms with E-state index in [2.05, 4.69) is 12.2 Å². The summed E-state index contributed by atoms with van der Waals surface area (Å²) in [7, 11) is 0. The molecule has 2 N–H and O–H groups in total. The Balaban J connectivity index is 2.73. The highest BCUT2D eigenvalue weighted by Gasteiger charge is 2.13. The molecule has 0 heterocycles. The zero-order chi connectivity index (χ0) is 12.1. The molecule has 3 heteroatoms. The van der Waals surface area contributed by atoms with Gasteiger partial charge in [0.2, 0.25) is 5.91 Å². The highest BCUT2D eigenvalue weighted by Crippen LogP contribution is 2.24. The van der Waals surface area contributed by atoms with Crippen molar-refractivity contribution in [2.24, 2.45) is 5.92 Å². The van der Waals surface area contributed by atoms with Gasteiger partial charge in [-0.05, 0) is 25.5 Å². The van der Waals surface area contributed by atoms with Crippen LogP contribution in [0.15, 0.2) is 18.2 Å². The van der Waals surface area contributed by atoms with E-state index in [1.165, 1.54) is 0 Å². The van der Waals surface area contributed by atoms with Crippen LogP contribution in [-0.4, -0.2) is 11.0 Å². The summed E-state index contributed by atoms with van der Waals surface area (Å²) in [6, 6.07) is 5.13. The molecule has 0 spiro atoms. The highest BCUT2D eigenvalue weighted by atomic mass is 16.3. The van der Waals surface area contributed by atoms with E-state index in [-0.39, 0.29) is 17.6 Å². The summed E-state index contributed by atoms with van der Waals surface area (Å²) in [5, 5.41) is 12.3. The number of nitrogens with one attached hydrogen (secondary N) is 1. The number of hydrogen-bond acceptors (Lipinski definition) is 2. The maximum Gasteiger partial charge on any atom is 0.227 e. The lowest BCUT2D eigenvalue weighted by Crippen LogP contribution is -2.20. The number of carbonyl (C=O) groups is 1. The van der Waals surface area contributed by atoms with Gasteiger partial charge < -0.3 is 10.4 Å². The van der Waals surface area contributed by atoms with Crippen LogP contribution in [0.25, 0.3) is 0 Å². The van der Waals surface area contributed by atoms with Gasteiger partial charge in [0.25, 0.3) is 0 Å². The van der Waals surface area contributed by atoms with E-state index < -0.39 is 0 Å². The van der Waals surface area contributed by atoms with Crippen LogP contribution in [0.2, 0.25) is 0 Å². The van der Waals surface area contributed by atoms with E-state index in [0.29, 0.717) is 11.3 Å². The molecule has 1 aromatic rings. The molecule has 1 aromatic carbocycles. The summed E-state index contributed by atoms with van der Waals surface area (Å²) < 4.78 is 0. The number of phenols is 1. The second kappa shape index (κ2) is 5.54. The number of amides is 1. The summed E-state index contributed by atoms with van der Waals surface area (Å²) in [4.78, 5) is 11.8. The van der Waals surface area contributed by atoms with Gasteiger partial charge in [-0.15, -0.1) is 0 Å². The predicted molar refractivity (Wildman–Crippen MR) is 65.5 cm³/mol. The Bertz CT molecular complexity index is 374. The van der Waals surface area contributed by atoms with Crippen LogP contribution in [-0.2, 0) is 4.79 Å². The number of phenolic OH excluding ortho intramolecular Hbond substituents is 1. The maximum absolute atomic E-state index is 11.8. The minimum Gasteiger partial charge on any atom is -0.508 e. The molecule has 0 saturated heterocycles. The summed E-state index contributed by atoms with van der Waals surface area (Å²) in [6.07, 6.45) is 1.87. The number of carbonyl (C=O) groups excluding carboxylic acids is 1. The molecule has 0 aliphatic heterocycles. The topological polar surface area (TPSA) is 49.3 Å². The summed E-state index contributed by atoms with van der Waals surface area (Å²) in [5.74, 6) is 0.225. The summed E-state index contributed by atoms with van der Waals surface area (Å²) in [6.45, 7) is 5.76. The minimum atomic E-state index is 0.00625. The molecule has 0 fully saturated rings. The van der Waals surface area contributed by atoms with Crippen LogP contribution >= 0.6 is 0 Å². The molecular formula is C13H19NO2. The zero-order valence-corrected chi connectivity index (χ0v) is 10.1. The van der Waals surface area contributed by atoms with Gasteiger partial charge >= 0.3 is 0 Å². The van der Waals surface area contributed by atoms with Crippen molar-refractivity contribution >= 4 is 11.6 Å². The van der Waals surface area contributed by atoms with Crippen molar-refractivity contribution in [3.8, 4) is 5.75 Å². The molecule has 0 saturated carbocycles. The van der Waals surface area contributed by atoms with Crippen molar-refractivity contribution in [3.63, 3.8) is 0 Å². The SMILES string of the molecule is CCCC(C)C(=O)Nc1cccc(O)c1C. The molecular weight excluding hydrogens is 202 g/mol. The third-order valence-corrected chi connectivity index (χ3v) is 2.73. The maximum atomic E-state index is 11.8. The average Bonchev–Trinajstić information content (AvgIpc) is 2.25. The molecule has 1 rings (SSSR count). The first-order valence-electron chi connectivity index (χ1n) is 5.65. The number of hydrogen-bond donors (Lipinski definition) is 2. The van der Waals surface area contributed by atoms with Crippen LogP contribution in [0.1, 0.15) is 32.3 Å². The van der Waals surface area contributed by atoms with Gasteiger partial charge in [0.15, 0.2) is 0 Å². The summed E-state index contributed by atoms with van der Waals surface area (Å²) >= 11 is 0. The van der Waals surface area contributed by atoms with E-state index in [1.54, 1.807) is 25.1 Å². The number of anilines is 1. The van der Waals surface area contributed by atoms with E-state index in [1.807, 2.05) is 6.92 Å². The standard InChI is InChI=1S/C13H19NO2/c1-4-6-9(2)13(16)14-11-7-5-8-12(15)10(11)3/h5,7-9,15H,4,6H2,1-3H3,(H,14,16). The monoisotopic (exact) mass is 221 g/mol. The molecule has 1 unspecified atom stereocenters. The first-order chi connectivity index (χ1) is 7.56. The number of rotatable bonds is 4. The Kier molecular flexibility index (Phi) is 4.35. The minimum absolute atomic E-state index is 0.00625. The Labute approximate surface area is 96.5 Å². The molecule has 3 nitrogen and oxygen atoms in total. The fourth-order valence-corrected chi connectivity index (χ4v) is 1.58. The Morgan fingerprint density at radius 3 is 2.81 bits per heavy atom. The van der Waals surface area contributed by atoms with Crippen molar-refractivity contribution < 1.29 is 9.90 Å². The largest absolute Gasteiger partial charge is 0.508 e. The molecule has 0 aliphatic carbocycles. The summed E-state index contributed by atoms with van der Waals surface area (Å²) in [5.41, 5.74) is 1.40. The van der Waals surface area contributed by atoms with Gasteiger partial charge in [-0.3, -0.25) is 4.79 Å². The van der Waals surface area contributed by atoms with Crippen LogP contribution in [0, 0.1) is 12.8 Å². The first-order valence-corrected chi connectivity index (χ1v) is 5.65. The quantitative estimate of drug-likeness (QED) is 0.820. The van der Waals surface area contributed by atoms with Gasteiger partial charge in [0, 0.05) is 17.2 Å². The third-order valence-electron chi connectivity index (χ3n) is 2.73. The molecule has 1 amide bonds. The molecule has 0 radical (unpaired) electrons. The lowest BCUT2D eigenvalue weighted by Gasteiger charge is -2.13. The molecule has 16 heavy (non-hydrogen) atoms. The van der Waals surface area contributed by atoms with E-state index in [9.17, 15) is 9.90 Å². The Hall–Kier alpha value is -1.51. The number of benzene rings is 1. The van der Waals surface area contributed by atoms with Crippen molar-refractivity contribution in [3.05, 3.63) is 23.8 Å². The lowest BCUT2D eigenvalue weighted by molar-refractivity contribution is -0.119. The van der Waals surface area contributed by atoms with E-state index in [4.69, 9.17) is 0 Å². The van der Waals surface area contributed by atoms with Gasteiger partial charge in [0.05, 0.1) is 0 Å². The smallest absolute Gasteiger partial charge is 0.227 e. The van der Waals surface area contributed by atoms with E-state index in [0.717, 1.165) is 12.8 Å². The lowest BCUT2D eigenvalue weighted by atomic mass is 10.0. The molecule has 0 aromatic heterocycles. The van der Waals surface area contributed by atoms with Gasteiger partial charge in [-0.2, -0.15) is 0 Å². The second-order valence-electron chi connectivity index (χ2n) is 4.13. The number of aromatic hydroxyl groups is 1. The molecule has 88 valence electrons. The molecule has 0 bridgehead atoms. The highest BCUT2D eigenvalue weighted by molar-refractivity contribution is 5.93. The van der Waals surface area contributed by atoms with E-state index >= 15 is 0 Å². The first kappa shape index (κ1) is 12.6. The van der Waals surface area contributed by atoms with Crippen LogP contribution in [0.4, 0.5) is 5.69 Å². The molecule has 0 aliphatic rings. The third kappa shape index (κ3) is 2.99. The second-order valence-corrected chi connectivity index (χ2v) is 4.13. The Morgan fingerprint density at radius 1 is 1.50 bits per heavy atom. The average molecular weight is 221 g/mol. The van der Waals surface area contributed by atoms with Crippen molar-refractivity contribution in [2.45, 2.75) is 33.6 Å². The zero-order valence-electron chi connectivity index (χ0n) is 10.1.